The summed E-state index contributed by atoms with van der Waals surface area (Å²) in [5.41, 5.74) is 1.56. The number of methoxy groups -OCH3 is 1. The van der Waals surface area contributed by atoms with Crippen LogP contribution in [0.3, 0.4) is 0 Å². The number of benzene rings is 1. The Kier molecular flexibility index (Phi) is 11.7. The largest absolute Gasteiger partial charge is 0.494 e. The molecule has 0 unspecified atom stereocenters. The van der Waals surface area contributed by atoms with Gasteiger partial charge in [0.25, 0.3) is 11.9 Å². The molecule has 0 aromatic heterocycles. The molecule has 0 radical (unpaired) electrons. The van der Waals surface area contributed by atoms with Crippen molar-refractivity contribution >= 4 is 24.9 Å². The van der Waals surface area contributed by atoms with Gasteiger partial charge in [-0.1, -0.05) is 19.3 Å². The lowest BCUT2D eigenvalue weighted by atomic mass is 9.75. The van der Waals surface area contributed by atoms with Gasteiger partial charge in [-0.05, 0) is 43.4 Å². The molecule has 0 fully saturated rings. The van der Waals surface area contributed by atoms with Crippen LogP contribution < -0.4 is 26.1 Å². The Morgan fingerprint density at radius 2 is 1.97 bits per heavy atom. The smallest absolute Gasteiger partial charge is 0.475 e. The number of hydrogen-bond acceptors (Lipinski definition) is 8. The normalized spacial score (nSPS) is 12.3. The average Bonchev–Trinajstić information content (AvgIpc) is 2.74. The van der Waals surface area contributed by atoms with Crippen molar-refractivity contribution in [1.29, 1.82) is 5.41 Å². The van der Waals surface area contributed by atoms with E-state index in [1.54, 1.807) is 5.43 Å². The first-order valence-electron chi connectivity index (χ1n) is 10.5. The molecule has 0 aliphatic carbocycles. The number of hydrogen-bond donors (Lipinski definition) is 7. The molecule has 0 saturated carbocycles. The lowest BCUT2D eigenvalue weighted by Crippen LogP contribution is -2.54. The predicted molar refractivity (Wildman–Crippen MR) is 121 cm³/mol. The van der Waals surface area contributed by atoms with E-state index in [4.69, 9.17) is 10.1 Å². The minimum atomic E-state index is -1.83. The molecule has 34 heavy (non-hydrogen) atoms. The summed E-state index contributed by atoms with van der Waals surface area (Å²) in [6.07, 6.45) is 0.498. The van der Waals surface area contributed by atoms with Crippen molar-refractivity contribution in [3.05, 3.63) is 39.7 Å². The molecule has 2 amide bonds. The fourth-order valence-corrected chi connectivity index (χ4v) is 3.01. The van der Waals surface area contributed by atoms with E-state index >= 15 is 0 Å². The number of nitrogens with zero attached hydrogens (tertiary/aromatic N) is 1. The zero-order valence-corrected chi connectivity index (χ0v) is 19.1. The number of amides is 2. The number of nitro groups is 1. The highest BCUT2D eigenvalue weighted by Gasteiger charge is 2.30. The molecule has 0 heterocycles. The summed E-state index contributed by atoms with van der Waals surface area (Å²) in [5.74, 6) is -3.77. The van der Waals surface area contributed by atoms with Crippen LogP contribution in [0.5, 0.6) is 5.75 Å². The minimum Gasteiger partial charge on any atom is -0.494 e. The fraction of sp³-hybridized carbons (Fsp3) is 0.526. The van der Waals surface area contributed by atoms with E-state index in [9.17, 15) is 34.1 Å². The second kappa shape index (κ2) is 13.9. The lowest BCUT2D eigenvalue weighted by molar-refractivity contribution is -0.525. The van der Waals surface area contributed by atoms with E-state index in [1.807, 2.05) is 13.8 Å². The summed E-state index contributed by atoms with van der Waals surface area (Å²) in [4.78, 5) is 35.8. The molecule has 0 bridgehead atoms. The van der Waals surface area contributed by atoms with Gasteiger partial charge in [0.15, 0.2) is 16.6 Å². The number of rotatable bonds is 13. The summed E-state index contributed by atoms with van der Waals surface area (Å²) in [6, 6.07) is 2.38. The maximum Gasteiger partial charge on any atom is 0.475 e. The molecule has 188 valence electrons. The van der Waals surface area contributed by atoms with Crippen LogP contribution in [0.4, 0.5) is 4.39 Å². The highest BCUT2D eigenvalue weighted by Crippen LogP contribution is 2.18. The van der Waals surface area contributed by atoms with Crippen molar-refractivity contribution in [2.75, 3.05) is 13.7 Å². The molecule has 0 saturated heterocycles. The van der Waals surface area contributed by atoms with Gasteiger partial charge in [0, 0.05) is 12.1 Å². The molecule has 1 aromatic carbocycles. The first kappa shape index (κ1) is 28.6. The molecule has 0 aliphatic rings. The Bertz CT molecular complexity index is 874. The maximum absolute atomic E-state index is 14.0. The standard InChI is InChI=1S/C19H30BFN6O7/c1-11(2)9-16(20(30)31)25-18(29)14(5-4-8-23-19(22)26-27(32)33)24-17(28)12-6-7-15(34-3)13(21)10-12/h6-7,10-11,14,16,30-31H,4-5,8-9H2,1-3H3,(H,24,28)(H,25,29)(H3,22,23,26)/t14-,16-/m0/s1. The molecular weight excluding hydrogens is 454 g/mol. The maximum atomic E-state index is 14.0. The summed E-state index contributed by atoms with van der Waals surface area (Å²) in [5, 5.41) is 43.4. The number of carbonyl (C=O) groups excluding carboxylic acids is 2. The van der Waals surface area contributed by atoms with E-state index in [0.717, 1.165) is 6.07 Å². The van der Waals surface area contributed by atoms with Gasteiger partial charge in [-0.15, -0.1) is 0 Å². The van der Waals surface area contributed by atoms with Gasteiger partial charge in [0.1, 0.15) is 6.04 Å². The molecule has 7 N–H and O–H groups in total. The molecular formula is C19H30BFN6O7. The van der Waals surface area contributed by atoms with Gasteiger partial charge in [0.05, 0.1) is 13.1 Å². The van der Waals surface area contributed by atoms with Crippen LogP contribution in [0.25, 0.3) is 0 Å². The van der Waals surface area contributed by atoms with E-state index in [-0.39, 0.29) is 43.0 Å². The van der Waals surface area contributed by atoms with Crippen LogP contribution in [0.1, 0.15) is 43.5 Å². The highest BCUT2D eigenvalue weighted by molar-refractivity contribution is 6.43. The summed E-state index contributed by atoms with van der Waals surface area (Å²) >= 11 is 0. The third kappa shape index (κ3) is 10.00. The summed E-state index contributed by atoms with van der Waals surface area (Å²) < 4.78 is 18.8. The molecule has 1 rings (SSSR count). The number of halogens is 1. The summed E-state index contributed by atoms with van der Waals surface area (Å²) in [7, 11) is -0.551. The Balaban J connectivity index is 2.91. The number of ether oxygens (including phenoxy) is 1. The van der Waals surface area contributed by atoms with Crippen molar-refractivity contribution in [3.8, 4) is 5.75 Å². The number of guanidine groups is 1. The number of carbonyl (C=O) groups is 2. The van der Waals surface area contributed by atoms with E-state index < -0.39 is 47.7 Å². The quantitative estimate of drug-likeness (QED) is 0.0484. The Morgan fingerprint density at radius 3 is 2.50 bits per heavy atom. The Hall–Kier alpha value is -3.46. The van der Waals surface area contributed by atoms with Gasteiger partial charge in [-0.3, -0.25) is 15.0 Å². The highest BCUT2D eigenvalue weighted by atomic mass is 19.1. The monoisotopic (exact) mass is 484 g/mol. The molecule has 13 nitrogen and oxygen atoms in total. The van der Waals surface area contributed by atoms with Crippen LogP contribution in [0.2, 0.25) is 0 Å². The van der Waals surface area contributed by atoms with E-state index in [2.05, 4.69) is 16.0 Å². The molecule has 1 aromatic rings. The predicted octanol–water partition coefficient (Wildman–Crippen LogP) is -0.439. The lowest BCUT2D eigenvalue weighted by Gasteiger charge is -2.24. The topological polar surface area (TPSA) is 199 Å². The number of hydrazine groups is 1. The summed E-state index contributed by atoms with van der Waals surface area (Å²) in [6.45, 7) is 3.73. The molecule has 0 spiro atoms. The van der Waals surface area contributed by atoms with Crippen molar-refractivity contribution in [2.24, 2.45) is 5.92 Å². The van der Waals surface area contributed by atoms with Gasteiger partial charge in [-0.25, -0.2) is 14.5 Å². The van der Waals surface area contributed by atoms with E-state index in [1.165, 1.54) is 19.2 Å². The van der Waals surface area contributed by atoms with Gasteiger partial charge in [-0.2, -0.15) is 0 Å². The van der Waals surface area contributed by atoms with Gasteiger partial charge >= 0.3 is 7.12 Å². The zero-order chi connectivity index (χ0) is 25.8. The third-order valence-electron chi connectivity index (χ3n) is 4.62. The van der Waals surface area contributed by atoms with Gasteiger partial charge in [0.2, 0.25) is 5.91 Å². The van der Waals surface area contributed by atoms with Crippen LogP contribution in [-0.4, -0.2) is 65.6 Å². The molecule has 15 heteroatoms. The van der Waals surface area contributed by atoms with Crippen molar-refractivity contribution in [1.82, 2.24) is 21.4 Å². The first-order chi connectivity index (χ1) is 15.9. The second-order valence-corrected chi connectivity index (χ2v) is 7.85. The van der Waals surface area contributed by atoms with Crippen LogP contribution >= 0.6 is 0 Å². The van der Waals surface area contributed by atoms with Crippen LogP contribution in [0, 0.1) is 27.3 Å². The van der Waals surface area contributed by atoms with Crippen LogP contribution in [-0.2, 0) is 4.79 Å². The SMILES string of the molecule is COc1ccc(C(=O)N[C@@H](CCCNC(=N)N[N+](=O)[O-])C(=O)N[C@@H](CC(C)C)B(O)O)cc1F. The second-order valence-electron chi connectivity index (χ2n) is 7.85. The molecule has 0 aliphatic heterocycles. The minimum absolute atomic E-state index is 0.0326. The zero-order valence-electron chi connectivity index (χ0n) is 19.1. The Labute approximate surface area is 196 Å². The van der Waals surface area contributed by atoms with Crippen LogP contribution in [0.15, 0.2) is 18.2 Å². The van der Waals surface area contributed by atoms with E-state index in [0.29, 0.717) is 0 Å². The third-order valence-corrected chi connectivity index (χ3v) is 4.62. The Morgan fingerprint density at radius 1 is 1.29 bits per heavy atom. The first-order valence-corrected chi connectivity index (χ1v) is 10.5. The van der Waals surface area contributed by atoms with Crippen molar-refractivity contribution < 1.29 is 33.8 Å². The average molecular weight is 484 g/mol. The van der Waals surface area contributed by atoms with Crippen molar-refractivity contribution in [2.45, 2.75) is 45.1 Å². The fourth-order valence-electron chi connectivity index (χ4n) is 3.01. The van der Waals surface area contributed by atoms with Crippen molar-refractivity contribution in [3.63, 3.8) is 0 Å². The molecule has 2 atom stereocenters. The number of nitrogens with one attached hydrogen (secondary N) is 5. The van der Waals surface area contributed by atoms with Gasteiger partial charge < -0.3 is 30.7 Å².